The average Bonchev–Trinajstić information content (AvgIpc) is 2.84. The summed E-state index contributed by atoms with van der Waals surface area (Å²) in [6.07, 6.45) is 0. The zero-order valence-corrected chi connectivity index (χ0v) is 17.2. The van der Waals surface area contributed by atoms with E-state index >= 15 is 0 Å². The van der Waals surface area contributed by atoms with Gasteiger partial charge in [-0.1, -0.05) is 60.7 Å². The first-order valence-electron chi connectivity index (χ1n) is 9.84. The van der Waals surface area contributed by atoms with Crippen LogP contribution in [0.1, 0.15) is 16.7 Å². The van der Waals surface area contributed by atoms with Gasteiger partial charge in [0.15, 0.2) is 23.3 Å². The minimum absolute atomic E-state index is 0.0731. The summed E-state index contributed by atoms with van der Waals surface area (Å²) in [4.78, 5) is 3.86. The first-order valence-corrected chi connectivity index (χ1v) is 9.84. The van der Waals surface area contributed by atoms with E-state index in [1.807, 2.05) is 0 Å². The lowest BCUT2D eigenvalue weighted by atomic mass is 9.93. The Morgan fingerprint density at radius 1 is 0.697 bits per heavy atom. The smallest absolute Gasteiger partial charge is 0.200 e. The molecule has 4 aromatic rings. The van der Waals surface area contributed by atoms with Crippen molar-refractivity contribution in [3.63, 3.8) is 0 Å². The Morgan fingerprint density at radius 2 is 1.21 bits per heavy atom. The topological polar surface area (TPSA) is 32.6 Å². The second-order valence-corrected chi connectivity index (χ2v) is 7.32. The van der Waals surface area contributed by atoms with Gasteiger partial charge in [0.05, 0.1) is 5.71 Å². The van der Waals surface area contributed by atoms with E-state index in [1.165, 1.54) is 6.07 Å². The fourth-order valence-electron chi connectivity index (χ4n) is 3.48. The Kier molecular flexibility index (Phi) is 5.96. The van der Waals surface area contributed by atoms with E-state index in [1.54, 1.807) is 73.7 Å². The van der Waals surface area contributed by atoms with E-state index in [4.69, 9.17) is 0 Å². The van der Waals surface area contributed by atoms with Crippen LogP contribution >= 0.6 is 0 Å². The number of halogens is 5. The van der Waals surface area contributed by atoms with Crippen LogP contribution in [0, 0.1) is 36.0 Å². The lowest BCUT2D eigenvalue weighted by molar-refractivity contribution is 0.381. The monoisotopic (exact) mass is 453 g/mol. The zero-order chi connectivity index (χ0) is 23.7. The first-order chi connectivity index (χ1) is 15.8. The summed E-state index contributed by atoms with van der Waals surface area (Å²) in [6, 6.07) is 20.2. The van der Waals surface area contributed by atoms with Crippen LogP contribution in [-0.2, 0) is 0 Å². The number of hydrogen-bond donors (Lipinski definition) is 1. The Hall–Kier alpha value is -4.00. The summed E-state index contributed by atoms with van der Waals surface area (Å²) in [7, 11) is 0. The molecule has 4 rings (SSSR count). The van der Waals surface area contributed by atoms with Crippen LogP contribution in [0.4, 0.5) is 27.6 Å². The third-order valence-electron chi connectivity index (χ3n) is 5.05. The highest BCUT2D eigenvalue weighted by Gasteiger charge is 2.27. The van der Waals surface area contributed by atoms with Gasteiger partial charge in [0.1, 0.15) is 11.4 Å². The minimum atomic E-state index is -2.27. The number of hydrogen-bond acceptors (Lipinski definition) is 2. The fourth-order valence-corrected chi connectivity index (χ4v) is 3.48. The summed E-state index contributed by atoms with van der Waals surface area (Å²) in [5.74, 6) is -10.8. The van der Waals surface area contributed by atoms with Crippen LogP contribution in [0.5, 0.6) is 5.75 Å². The molecule has 0 heterocycles. The summed E-state index contributed by atoms with van der Waals surface area (Å²) in [5, 5.41) is 11.1. The van der Waals surface area contributed by atoms with Gasteiger partial charge in [0.25, 0.3) is 0 Å². The van der Waals surface area contributed by atoms with E-state index in [2.05, 4.69) is 4.99 Å². The summed E-state index contributed by atoms with van der Waals surface area (Å²) >= 11 is 0. The molecule has 0 amide bonds. The first kappa shape index (κ1) is 22.2. The molecule has 0 aromatic heterocycles. The Balaban J connectivity index is 2.05. The lowest BCUT2D eigenvalue weighted by Gasteiger charge is -2.15. The van der Waals surface area contributed by atoms with Crippen molar-refractivity contribution >= 4 is 11.4 Å². The number of aryl methyl sites for hydroxylation is 1. The maximum Gasteiger partial charge on any atom is 0.200 e. The van der Waals surface area contributed by atoms with Gasteiger partial charge < -0.3 is 5.11 Å². The van der Waals surface area contributed by atoms with Crippen LogP contribution in [0.3, 0.4) is 0 Å². The van der Waals surface area contributed by atoms with Crippen molar-refractivity contribution in [3.8, 4) is 16.9 Å². The van der Waals surface area contributed by atoms with E-state index in [9.17, 15) is 27.1 Å². The number of phenols is 1. The molecular formula is C26H16F5NO. The molecule has 7 heteroatoms. The largest absolute Gasteiger partial charge is 0.507 e. The van der Waals surface area contributed by atoms with E-state index < -0.39 is 34.8 Å². The van der Waals surface area contributed by atoms with Crippen molar-refractivity contribution in [3.05, 3.63) is 119 Å². The molecular weight excluding hydrogens is 437 g/mol. The van der Waals surface area contributed by atoms with Crippen molar-refractivity contribution in [2.45, 2.75) is 6.92 Å². The van der Waals surface area contributed by atoms with Crippen LogP contribution in [0.15, 0.2) is 77.8 Å². The highest BCUT2D eigenvalue weighted by Crippen LogP contribution is 2.37. The van der Waals surface area contributed by atoms with E-state index in [0.29, 0.717) is 22.3 Å². The predicted octanol–water partition coefficient (Wildman–Crippen LogP) is 7.23. The maximum atomic E-state index is 14.4. The van der Waals surface area contributed by atoms with Crippen LogP contribution in [-0.4, -0.2) is 10.8 Å². The molecule has 0 atom stereocenters. The Morgan fingerprint density at radius 3 is 1.79 bits per heavy atom. The Labute approximate surface area is 186 Å². The summed E-state index contributed by atoms with van der Waals surface area (Å²) < 4.78 is 70.0. The molecule has 33 heavy (non-hydrogen) atoms. The minimum Gasteiger partial charge on any atom is -0.507 e. The number of benzene rings is 4. The van der Waals surface area contributed by atoms with Crippen molar-refractivity contribution in [2.75, 3.05) is 0 Å². The number of rotatable bonds is 4. The number of nitrogens with zero attached hydrogens (tertiary/aromatic N) is 1. The normalized spacial score (nSPS) is 11.6. The Bertz CT molecular complexity index is 1340. The van der Waals surface area contributed by atoms with Crippen molar-refractivity contribution in [2.24, 2.45) is 4.99 Å². The highest BCUT2D eigenvalue weighted by atomic mass is 19.2. The van der Waals surface area contributed by atoms with Gasteiger partial charge in [-0.25, -0.2) is 26.9 Å². The van der Waals surface area contributed by atoms with Gasteiger partial charge in [-0.15, -0.1) is 0 Å². The van der Waals surface area contributed by atoms with Gasteiger partial charge in [0, 0.05) is 16.7 Å². The third kappa shape index (κ3) is 4.09. The van der Waals surface area contributed by atoms with Crippen molar-refractivity contribution in [1.29, 1.82) is 0 Å². The van der Waals surface area contributed by atoms with Gasteiger partial charge >= 0.3 is 0 Å². The molecule has 2 nitrogen and oxygen atoms in total. The second-order valence-electron chi connectivity index (χ2n) is 7.32. The van der Waals surface area contributed by atoms with E-state index in [-0.39, 0.29) is 17.0 Å². The third-order valence-corrected chi connectivity index (χ3v) is 5.05. The number of aromatic hydroxyl groups is 1. The van der Waals surface area contributed by atoms with Crippen LogP contribution in [0.2, 0.25) is 0 Å². The molecule has 1 N–H and O–H groups in total. The molecule has 4 aromatic carbocycles. The number of aliphatic imine (C=N–C) groups is 1. The zero-order valence-electron chi connectivity index (χ0n) is 17.2. The predicted molar refractivity (Wildman–Crippen MR) is 116 cm³/mol. The van der Waals surface area contributed by atoms with Gasteiger partial charge in [0.2, 0.25) is 5.82 Å². The quantitative estimate of drug-likeness (QED) is 0.150. The summed E-state index contributed by atoms with van der Waals surface area (Å²) in [5.41, 5.74) is 0.660. The lowest BCUT2D eigenvalue weighted by Crippen LogP contribution is -2.07. The van der Waals surface area contributed by atoms with Gasteiger partial charge in [-0.3, -0.25) is 0 Å². The van der Waals surface area contributed by atoms with Crippen LogP contribution < -0.4 is 0 Å². The number of phenolic OH excluding ortho intramolecular Hbond substituents is 1. The molecule has 0 unspecified atom stereocenters. The molecule has 0 aliphatic heterocycles. The molecule has 0 radical (unpaired) electrons. The average molecular weight is 453 g/mol. The van der Waals surface area contributed by atoms with Crippen molar-refractivity contribution < 1.29 is 27.1 Å². The molecule has 0 fully saturated rings. The molecule has 0 saturated heterocycles. The van der Waals surface area contributed by atoms with E-state index in [0.717, 1.165) is 0 Å². The fraction of sp³-hybridized carbons (Fsp3) is 0.0385. The standard InChI is InChI=1S/C26H16F5NO/c1-14-12-17(15-8-4-2-5-9-15)26(33)18(13-14)24(16-10-6-3-7-11-16)32-25-22(30)20(28)19(27)21(29)23(25)31/h2-13,33H,1H3. The molecule has 0 aliphatic carbocycles. The SMILES string of the molecule is Cc1cc(C(=Nc2c(F)c(F)c(F)c(F)c2F)c2ccccc2)c(O)c(-c2ccccc2)c1. The van der Waals surface area contributed by atoms with Crippen LogP contribution in [0.25, 0.3) is 11.1 Å². The molecule has 0 saturated carbocycles. The maximum absolute atomic E-state index is 14.4. The molecule has 0 aliphatic rings. The van der Waals surface area contributed by atoms with Gasteiger partial charge in [-0.2, -0.15) is 0 Å². The second kappa shape index (κ2) is 8.86. The van der Waals surface area contributed by atoms with Crippen molar-refractivity contribution in [1.82, 2.24) is 0 Å². The highest BCUT2D eigenvalue weighted by molar-refractivity contribution is 6.16. The molecule has 166 valence electrons. The molecule has 0 spiro atoms. The van der Waals surface area contributed by atoms with Gasteiger partial charge in [-0.05, 0) is 30.2 Å². The summed E-state index contributed by atoms with van der Waals surface area (Å²) in [6.45, 7) is 1.75. The molecule has 0 bridgehead atoms.